The average Bonchev–Trinajstić information content (AvgIpc) is 2.77. The third-order valence-electron chi connectivity index (χ3n) is 3.66. The summed E-state index contributed by atoms with van der Waals surface area (Å²) in [5.41, 5.74) is 2.06. The van der Waals surface area contributed by atoms with Gasteiger partial charge in [0, 0.05) is 30.3 Å². The molecule has 0 saturated carbocycles. The van der Waals surface area contributed by atoms with Gasteiger partial charge in [0.05, 0.1) is 6.20 Å². The van der Waals surface area contributed by atoms with E-state index >= 15 is 0 Å². The Labute approximate surface area is 113 Å². The maximum atomic E-state index is 13.1. The van der Waals surface area contributed by atoms with Crippen LogP contribution in [0, 0.1) is 5.82 Å². The lowest BCUT2D eigenvalue weighted by Gasteiger charge is -2.34. The summed E-state index contributed by atoms with van der Waals surface area (Å²) < 4.78 is 14.8. The molecule has 0 bridgehead atoms. The summed E-state index contributed by atoms with van der Waals surface area (Å²) in [6.07, 6.45) is 3.87. The molecule has 1 aromatic heterocycles. The third-order valence-corrected chi connectivity index (χ3v) is 3.66. The Hall–Kier alpha value is -1.68. The monoisotopic (exact) mass is 261 g/mol. The van der Waals surface area contributed by atoms with Gasteiger partial charge in [-0.25, -0.2) is 4.39 Å². The van der Waals surface area contributed by atoms with Crippen molar-refractivity contribution in [3.8, 4) is 0 Å². The predicted octanol–water partition coefficient (Wildman–Crippen LogP) is 2.80. The Morgan fingerprint density at radius 1 is 1.26 bits per heavy atom. The van der Waals surface area contributed by atoms with Crippen LogP contribution in [0.15, 0.2) is 36.7 Å². The number of benzene rings is 1. The smallest absolute Gasteiger partial charge is 0.123 e. The van der Waals surface area contributed by atoms with E-state index in [2.05, 4.69) is 24.3 Å². The number of hydrogen-bond acceptors (Lipinski definition) is 2. The first-order valence-corrected chi connectivity index (χ1v) is 6.37. The van der Waals surface area contributed by atoms with E-state index in [0.29, 0.717) is 0 Å². The first-order valence-electron chi connectivity index (χ1n) is 6.37. The van der Waals surface area contributed by atoms with Crippen molar-refractivity contribution in [3.05, 3.63) is 53.6 Å². The Morgan fingerprint density at radius 2 is 1.89 bits per heavy atom. The Kier molecular flexibility index (Phi) is 3.71. The fraction of sp³-hybridized carbons (Fsp3) is 0.400. The quantitative estimate of drug-likeness (QED) is 0.917. The summed E-state index contributed by atoms with van der Waals surface area (Å²) in [5, 5.41) is 7.56. The summed E-state index contributed by atoms with van der Waals surface area (Å²) in [5.74, 6) is -0.207. The second-order valence-electron chi connectivity index (χ2n) is 5.40. The molecule has 1 N–H and O–H groups in total. The summed E-state index contributed by atoms with van der Waals surface area (Å²) >= 11 is 0. The normalized spacial score (nSPS) is 13.5. The molecule has 0 aliphatic rings. The summed E-state index contributed by atoms with van der Waals surface area (Å²) in [6, 6.07) is 6.82. The number of aryl methyl sites for hydroxylation is 1. The van der Waals surface area contributed by atoms with Crippen molar-refractivity contribution in [2.45, 2.75) is 25.3 Å². The number of hydrogen-bond donors (Lipinski definition) is 1. The van der Waals surface area contributed by atoms with E-state index in [1.807, 2.05) is 38.6 Å². The SMILES string of the molecule is CNC(c1cnn(C)c1)C(C)(C)c1ccc(F)cc1. The van der Waals surface area contributed by atoms with E-state index in [-0.39, 0.29) is 17.3 Å². The van der Waals surface area contributed by atoms with Crippen LogP contribution in [0.1, 0.15) is 31.0 Å². The molecule has 1 heterocycles. The second-order valence-corrected chi connectivity index (χ2v) is 5.40. The van der Waals surface area contributed by atoms with Gasteiger partial charge in [-0.3, -0.25) is 4.68 Å². The molecule has 102 valence electrons. The molecule has 2 aromatic rings. The zero-order valence-electron chi connectivity index (χ0n) is 11.8. The largest absolute Gasteiger partial charge is 0.312 e. The van der Waals surface area contributed by atoms with Crippen molar-refractivity contribution in [3.63, 3.8) is 0 Å². The lowest BCUT2D eigenvalue weighted by Crippen LogP contribution is -2.35. The molecule has 19 heavy (non-hydrogen) atoms. The average molecular weight is 261 g/mol. The van der Waals surface area contributed by atoms with Crippen LogP contribution in [-0.4, -0.2) is 16.8 Å². The lowest BCUT2D eigenvalue weighted by atomic mass is 9.75. The summed E-state index contributed by atoms with van der Waals surface area (Å²) in [7, 11) is 3.84. The Morgan fingerprint density at radius 3 is 2.37 bits per heavy atom. The van der Waals surface area contributed by atoms with E-state index < -0.39 is 0 Å². The van der Waals surface area contributed by atoms with E-state index in [9.17, 15) is 4.39 Å². The van der Waals surface area contributed by atoms with Crippen molar-refractivity contribution < 1.29 is 4.39 Å². The molecule has 0 fully saturated rings. The molecular weight excluding hydrogens is 241 g/mol. The molecule has 0 aliphatic carbocycles. The highest BCUT2D eigenvalue weighted by Gasteiger charge is 2.32. The molecule has 0 saturated heterocycles. The first kappa shape index (κ1) is 13.7. The fourth-order valence-corrected chi connectivity index (χ4v) is 2.58. The Bertz CT molecular complexity index is 543. The van der Waals surface area contributed by atoms with E-state index in [4.69, 9.17) is 0 Å². The molecule has 1 atom stereocenters. The minimum Gasteiger partial charge on any atom is -0.312 e. The number of halogens is 1. The number of rotatable bonds is 4. The van der Waals surface area contributed by atoms with Gasteiger partial charge in [-0.05, 0) is 24.7 Å². The van der Waals surface area contributed by atoms with Crippen LogP contribution in [0.5, 0.6) is 0 Å². The van der Waals surface area contributed by atoms with Gasteiger partial charge in [0.25, 0.3) is 0 Å². The minimum atomic E-state index is -0.207. The van der Waals surface area contributed by atoms with Gasteiger partial charge in [-0.2, -0.15) is 5.10 Å². The molecule has 0 radical (unpaired) electrons. The van der Waals surface area contributed by atoms with Crippen LogP contribution >= 0.6 is 0 Å². The molecule has 1 aromatic carbocycles. The van der Waals surface area contributed by atoms with Gasteiger partial charge in [-0.15, -0.1) is 0 Å². The predicted molar refractivity (Wildman–Crippen MR) is 74.4 cm³/mol. The van der Waals surface area contributed by atoms with Gasteiger partial charge in [0.1, 0.15) is 5.82 Å². The van der Waals surface area contributed by atoms with Crippen molar-refractivity contribution in [2.75, 3.05) is 7.05 Å². The zero-order chi connectivity index (χ0) is 14.0. The zero-order valence-corrected chi connectivity index (χ0v) is 11.8. The topological polar surface area (TPSA) is 29.9 Å². The molecule has 0 spiro atoms. The number of aromatic nitrogens is 2. The van der Waals surface area contributed by atoms with E-state index in [0.717, 1.165) is 11.1 Å². The molecule has 1 unspecified atom stereocenters. The van der Waals surface area contributed by atoms with Crippen LogP contribution in [0.3, 0.4) is 0 Å². The molecule has 2 rings (SSSR count). The summed E-state index contributed by atoms with van der Waals surface area (Å²) in [6.45, 7) is 4.29. The van der Waals surface area contributed by atoms with Crippen LogP contribution in [0.2, 0.25) is 0 Å². The number of likely N-dealkylation sites (N-methyl/N-ethyl adjacent to an activating group) is 1. The van der Waals surface area contributed by atoms with Crippen molar-refractivity contribution in [2.24, 2.45) is 7.05 Å². The fourth-order valence-electron chi connectivity index (χ4n) is 2.58. The minimum absolute atomic E-state index is 0.117. The highest BCUT2D eigenvalue weighted by Crippen LogP contribution is 2.36. The number of nitrogens with zero attached hydrogens (tertiary/aromatic N) is 2. The van der Waals surface area contributed by atoms with Crippen LogP contribution in [0.25, 0.3) is 0 Å². The van der Waals surface area contributed by atoms with Crippen molar-refractivity contribution in [1.82, 2.24) is 15.1 Å². The highest BCUT2D eigenvalue weighted by atomic mass is 19.1. The van der Waals surface area contributed by atoms with Gasteiger partial charge < -0.3 is 5.32 Å². The number of nitrogens with one attached hydrogen (secondary N) is 1. The van der Waals surface area contributed by atoms with Gasteiger partial charge in [0.2, 0.25) is 0 Å². The third kappa shape index (κ3) is 2.68. The summed E-state index contributed by atoms with van der Waals surface area (Å²) in [4.78, 5) is 0. The maximum Gasteiger partial charge on any atom is 0.123 e. The van der Waals surface area contributed by atoms with Crippen molar-refractivity contribution >= 4 is 0 Å². The van der Waals surface area contributed by atoms with Crippen LogP contribution < -0.4 is 5.32 Å². The molecule has 4 heteroatoms. The second kappa shape index (κ2) is 5.13. The molecule has 0 amide bonds. The Balaban J connectivity index is 2.38. The van der Waals surface area contributed by atoms with Gasteiger partial charge >= 0.3 is 0 Å². The molecular formula is C15H20FN3. The van der Waals surface area contributed by atoms with Crippen LogP contribution in [0.4, 0.5) is 4.39 Å². The van der Waals surface area contributed by atoms with Gasteiger partial charge in [-0.1, -0.05) is 26.0 Å². The molecule has 0 aliphatic heterocycles. The van der Waals surface area contributed by atoms with Crippen LogP contribution in [-0.2, 0) is 12.5 Å². The highest BCUT2D eigenvalue weighted by molar-refractivity contribution is 5.30. The van der Waals surface area contributed by atoms with E-state index in [1.165, 1.54) is 12.1 Å². The van der Waals surface area contributed by atoms with Crippen molar-refractivity contribution in [1.29, 1.82) is 0 Å². The van der Waals surface area contributed by atoms with Gasteiger partial charge in [0.15, 0.2) is 0 Å². The maximum absolute atomic E-state index is 13.1. The lowest BCUT2D eigenvalue weighted by molar-refractivity contribution is 0.368. The standard InChI is InChI=1S/C15H20FN3/c1-15(2,12-5-7-13(16)8-6-12)14(17-3)11-9-18-19(4)10-11/h5-10,14,17H,1-4H3. The first-order chi connectivity index (χ1) is 8.95. The van der Waals surface area contributed by atoms with E-state index in [1.54, 1.807) is 4.68 Å². The molecule has 3 nitrogen and oxygen atoms in total.